The smallest absolute Gasteiger partial charge is 0.305 e. The van der Waals surface area contributed by atoms with E-state index in [0.717, 1.165) is 30.3 Å². The van der Waals surface area contributed by atoms with E-state index >= 15 is 0 Å². The second kappa shape index (κ2) is 22.4. The highest BCUT2D eigenvalue weighted by molar-refractivity contribution is 5.69. The number of esters is 1. The Morgan fingerprint density at radius 3 is 1.70 bits per heavy atom. The number of hydrogen-bond donors (Lipinski definition) is 0. The molecule has 1 aromatic carbocycles. The van der Waals surface area contributed by atoms with Gasteiger partial charge < -0.3 is 9.22 Å². The van der Waals surface area contributed by atoms with Crippen LogP contribution in [0.15, 0.2) is 30.3 Å². The first kappa shape index (κ1) is 31.6. The molecule has 0 unspecified atom stereocenters. The minimum Gasteiger partial charge on any atom is -0.466 e. The number of carbonyl (C=O) groups is 1. The molecule has 0 bridgehead atoms. The van der Waals surface area contributed by atoms with Crippen molar-refractivity contribution >= 4 is 5.97 Å². The molecule has 0 aliphatic heterocycles. The number of benzene rings is 1. The minimum atomic E-state index is -0.0593. The fourth-order valence-electron chi connectivity index (χ4n) is 4.11. The lowest BCUT2D eigenvalue weighted by molar-refractivity contribution is -0.903. The number of carbonyl (C=O) groups excluding carboxylic acids is 1. The van der Waals surface area contributed by atoms with Gasteiger partial charge in [0.05, 0.1) is 27.2 Å². The molecular weight excluding hydrogens is 406 g/mol. The monoisotopic (exact) mass is 462 g/mol. The summed E-state index contributed by atoms with van der Waals surface area (Å²) in [4.78, 5) is 10.7. The van der Waals surface area contributed by atoms with Crippen LogP contribution in [0.25, 0.3) is 0 Å². The Balaban J connectivity index is 0.000000861. The summed E-state index contributed by atoms with van der Waals surface area (Å²) >= 11 is 0. The first-order valence-electron chi connectivity index (χ1n) is 14.0. The molecule has 1 rings (SSSR count). The van der Waals surface area contributed by atoms with E-state index < -0.39 is 0 Å². The third-order valence-electron chi connectivity index (χ3n) is 6.11. The van der Waals surface area contributed by atoms with Crippen molar-refractivity contribution in [3.05, 3.63) is 35.9 Å². The Hall–Kier alpha value is -1.35. The molecule has 3 nitrogen and oxygen atoms in total. The predicted octanol–water partition coefficient (Wildman–Crippen LogP) is 8.70. The van der Waals surface area contributed by atoms with Gasteiger partial charge in [0, 0.05) is 12.0 Å². The van der Waals surface area contributed by atoms with Crippen molar-refractivity contribution < 1.29 is 14.0 Å². The van der Waals surface area contributed by atoms with Crippen molar-refractivity contribution in [1.29, 1.82) is 0 Å². The third-order valence-corrected chi connectivity index (χ3v) is 6.11. The number of hydrogen-bond acceptors (Lipinski definition) is 2. The Labute approximate surface area is 206 Å². The van der Waals surface area contributed by atoms with Crippen LogP contribution >= 0.6 is 0 Å². The van der Waals surface area contributed by atoms with Crippen LogP contribution in [-0.2, 0) is 16.1 Å². The van der Waals surface area contributed by atoms with Gasteiger partial charge in [-0.05, 0) is 26.2 Å². The Morgan fingerprint density at radius 2 is 1.18 bits per heavy atom. The molecule has 0 aromatic heterocycles. The van der Waals surface area contributed by atoms with Gasteiger partial charge >= 0.3 is 5.97 Å². The van der Waals surface area contributed by atoms with E-state index in [0.29, 0.717) is 13.0 Å². The molecule has 192 valence electrons. The molecule has 0 aliphatic rings. The maximum absolute atomic E-state index is 10.7. The zero-order valence-corrected chi connectivity index (χ0v) is 22.9. The molecule has 1 aromatic rings. The summed E-state index contributed by atoms with van der Waals surface area (Å²) in [5, 5.41) is 0. The summed E-state index contributed by atoms with van der Waals surface area (Å²) in [5.74, 6) is -0.0593. The zero-order valence-electron chi connectivity index (χ0n) is 22.9. The van der Waals surface area contributed by atoms with Gasteiger partial charge in [-0.3, -0.25) is 4.79 Å². The molecule has 0 heterocycles. The lowest BCUT2D eigenvalue weighted by atomic mass is 10.1. The quantitative estimate of drug-likeness (QED) is 0.117. The first-order chi connectivity index (χ1) is 15.9. The fourth-order valence-corrected chi connectivity index (χ4v) is 4.11. The fraction of sp³-hybridized carbons (Fsp3) is 0.767. The Morgan fingerprint density at radius 1 is 0.697 bits per heavy atom. The highest BCUT2D eigenvalue weighted by Crippen LogP contribution is 2.14. The van der Waals surface area contributed by atoms with Gasteiger partial charge in [0.25, 0.3) is 0 Å². The van der Waals surface area contributed by atoms with Crippen LogP contribution in [0.4, 0.5) is 0 Å². The van der Waals surface area contributed by atoms with E-state index in [4.69, 9.17) is 4.74 Å². The highest BCUT2D eigenvalue weighted by Gasteiger charge is 2.14. The predicted molar refractivity (Wildman–Crippen MR) is 144 cm³/mol. The molecule has 0 N–H and O–H groups in total. The largest absolute Gasteiger partial charge is 0.466 e. The van der Waals surface area contributed by atoms with Crippen LogP contribution in [0.1, 0.15) is 123 Å². The van der Waals surface area contributed by atoms with Crippen molar-refractivity contribution in [1.82, 2.24) is 0 Å². The van der Waals surface area contributed by atoms with Gasteiger partial charge in [0.1, 0.15) is 6.54 Å². The van der Waals surface area contributed by atoms with E-state index in [1.165, 1.54) is 82.7 Å². The van der Waals surface area contributed by atoms with E-state index in [1.54, 1.807) is 0 Å². The van der Waals surface area contributed by atoms with Gasteiger partial charge in [-0.15, -0.1) is 0 Å². The van der Waals surface area contributed by atoms with Crippen LogP contribution in [-0.4, -0.2) is 37.7 Å². The standard InChI is InChI=1S/C22H40N.C8H16O2/c1-4-5-6-7-8-9-10-11-12-13-17-20-23(2,3)21-22-18-15-14-16-19-22;1-3-5-6-7-8(9)10-4-2/h14-16,18-19H,4-13,17,20-21H2,1-3H3;3-7H2,1-2H3/q+1;. The van der Waals surface area contributed by atoms with E-state index in [-0.39, 0.29) is 5.97 Å². The maximum Gasteiger partial charge on any atom is 0.305 e. The summed E-state index contributed by atoms with van der Waals surface area (Å²) in [6.45, 7) is 9.19. The van der Waals surface area contributed by atoms with Gasteiger partial charge in [-0.25, -0.2) is 0 Å². The number of nitrogens with zero attached hydrogens (tertiary/aromatic N) is 1. The molecule has 0 saturated heterocycles. The SMILES string of the molecule is CCCCCC(=O)OCC.CCCCCCCCCCCCC[N+](C)(C)Cc1ccccc1. The number of rotatable bonds is 19. The molecule has 0 fully saturated rings. The molecule has 0 aliphatic carbocycles. The van der Waals surface area contributed by atoms with Crippen LogP contribution < -0.4 is 0 Å². The molecule has 0 amide bonds. The lowest BCUT2D eigenvalue weighted by Gasteiger charge is -2.30. The summed E-state index contributed by atoms with van der Waals surface area (Å²) in [6.07, 6.45) is 19.5. The molecule has 3 heteroatoms. The van der Waals surface area contributed by atoms with Crippen LogP contribution in [0, 0.1) is 0 Å². The second-order valence-corrected chi connectivity index (χ2v) is 10.1. The van der Waals surface area contributed by atoms with E-state index in [1.807, 2.05) is 6.92 Å². The minimum absolute atomic E-state index is 0.0593. The number of ether oxygens (including phenoxy) is 1. The van der Waals surface area contributed by atoms with E-state index in [2.05, 4.69) is 58.3 Å². The number of quaternary nitrogens is 1. The Kier molecular flexibility index (Phi) is 21.5. The average molecular weight is 463 g/mol. The van der Waals surface area contributed by atoms with Gasteiger partial charge in [-0.1, -0.05) is 115 Å². The third kappa shape index (κ3) is 22.2. The normalized spacial score (nSPS) is 11.1. The molecule has 0 atom stereocenters. The van der Waals surface area contributed by atoms with Crippen molar-refractivity contribution in [2.24, 2.45) is 0 Å². The molecule has 0 radical (unpaired) electrons. The maximum atomic E-state index is 10.7. The average Bonchev–Trinajstić information content (AvgIpc) is 2.79. The molecular formula is C30H56NO2+. The van der Waals surface area contributed by atoms with Gasteiger partial charge in [0.15, 0.2) is 0 Å². The molecule has 0 spiro atoms. The van der Waals surface area contributed by atoms with Crippen molar-refractivity contribution in [3.8, 4) is 0 Å². The first-order valence-corrected chi connectivity index (χ1v) is 14.0. The topological polar surface area (TPSA) is 26.3 Å². The summed E-state index contributed by atoms with van der Waals surface area (Å²) in [5.41, 5.74) is 1.46. The van der Waals surface area contributed by atoms with Crippen molar-refractivity contribution in [3.63, 3.8) is 0 Å². The van der Waals surface area contributed by atoms with Crippen molar-refractivity contribution in [2.45, 2.75) is 124 Å². The van der Waals surface area contributed by atoms with Crippen LogP contribution in [0.3, 0.4) is 0 Å². The summed E-state index contributed by atoms with van der Waals surface area (Å²) in [6, 6.07) is 10.9. The van der Waals surface area contributed by atoms with Crippen molar-refractivity contribution in [2.75, 3.05) is 27.2 Å². The Bertz CT molecular complexity index is 541. The summed E-state index contributed by atoms with van der Waals surface area (Å²) < 4.78 is 5.86. The van der Waals surface area contributed by atoms with Gasteiger partial charge in [-0.2, -0.15) is 0 Å². The summed E-state index contributed by atoms with van der Waals surface area (Å²) in [7, 11) is 4.73. The highest BCUT2D eigenvalue weighted by atomic mass is 16.5. The second-order valence-electron chi connectivity index (χ2n) is 10.1. The van der Waals surface area contributed by atoms with Gasteiger partial charge in [0.2, 0.25) is 0 Å². The van der Waals surface area contributed by atoms with Crippen LogP contribution in [0.2, 0.25) is 0 Å². The van der Waals surface area contributed by atoms with E-state index in [9.17, 15) is 4.79 Å². The van der Waals surface area contributed by atoms with Crippen LogP contribution in [0.5, 0.6) is 0 Å². The molecule has 33 heavy (non-hydrogen) atoms. The molecule has 0 saturated carbocycles. The number of unbranched alkanes of at least 4 members (excludes halogenated alkanes) is 12. The zero-order chi connectivity index (χ0) is 24.6. The lowest BCUT2D eigenvalue weighted by Crippen LogP contribution is -2.39.